The lowest BCUT2D eigenvalue weighted by Gasteiger charge is -2.04. The molecule has 0 radical (unpaired) electrons. The Balaban J connectivity index is 1.80. The zero-order chi connectivity index (χ0) is 18.2. The van der Waals surface area contributed by atoms with Crippen LogP contribution in [0.4, 0.5) is 4.39 Å². The molecule has 2 aromatic carbocycles. The fourth-order valence-electron chi connectivity index (χ4n) is 1.82. The lowest BCUT2D eigenvalue weighted by molar-refractivity contribution is -0.120. The summed E-state index contributed by atoms with van der Waals surface area (Å²) in [7, 11) is 0. The highest BCUT2D eigenvalue weighted by molar-refractivity contribution is 5.96. The van der Waals surface area contributed by atoms with Gasteiger partial charge in [-0.25, -0.2) is 14.6 Å². The SMILES string of the molecule is O=C(CNC(=O)c1cccc(F)c1)N/N=C\c1ccc(C(=O)O)cc1. The van der Waals surface area contributed by atoms with E-state index < -0.39 is 23.6 Å². The third-order valence-corrected chi connectivity index (χ3v) is 3.06. The van der Waals surface area contributed by atoms with Crippen molar-refractivity contribution in [2.24, 2.45) is 5.10 Å². The first-order valence-corrected chi connectivity index (χ1v) is 7.15. The zero-order valence-corrected chi connectivity index (χ0v) is 12.9. The number of amides is 2. The maximum Gasteiger partial charge on any atom is 0.335 e. The van der Waals surface area contributed by atoms with Crippen molar-refractivity contribution in [2.75, 3.05) is 6.54 Å². The van der Waals surface area contributed by atoms with Crippen molar-refractivity contribution in [2.45, 2.75) is 0 Å². The average molecular weight is 343 g/mol. The molecule has 8 heteroatoms. The summed E-state index contributed by atoms with van der Waals surface area (Å²) in [4.78, 5) is 34.0. The minimum Gasteiger partial charge on any atom is -0.478 e. The number of rotatable bonds is 6. The highest BCUT2D eigenvalue weighted by Crippen LogP contribution is 2.03. The second-order valence-corrected chi connectivity index (χ2v) is 4.91. The van der Waals surface area contributed by atoms with E-state index in [4.69, 9.17) is 5.11 Å². The number of nitrogens with zero attached hydrogens (tertiary/aromatic N) is 1. The van der Waals surface area contributed by atoms with Crippen LogP contribution < -0.4 is 10.7 Å². The van der Waals surface area contributed by atoms with Gasteiger partial charge in [0.2, 0.25) is 0 Å². The molecule has 0 saturated carbocycles. The highest BCUT2D eigenvalue weighted by Gasteiger charge is 2.08. The van der Waals surface area contributed by atoms with E-state index in [0.29, 0.717) is 5.56 Å². The third-order valence-electron chi connectivity index (χ3n) is 3.06. The molecule has 0 heterocycles. The van der Waals surface area contributed by atoms with E-state index >= 15 is 0 Å². The van der Waals surface area contributed by atoms with Gasteiger partial charge in [-0.05, 0) is 35.9 Å². The molecule has 2 rings (SSSR count). The van der Waals surface area contributed by atoms with E-state index in [1.807, 2.05) is 0 Å². The zero-order valence-electron chi connectivity index (χ0n) is 12.9. The predicted molar refractivity (Wildman–Crippen MR) is 87.9 cm³/mol. The Morgan fingerprint density at radius 1 is 1.08 bits per heavy atom. The summed E-state index contributed by atoms with van der Waals surface area (Å²) in [6.07, 6.45) is 1.33. The molecule has 128 valence electrons. The molecule has 0 aromatic heterocycles. The average Bonchev–Trinajstić information content (AvgIpc) is 2.60. The maximum absolute atomic E-state index is 13.0. The predicted octanol–water partition coefficient (Wildman–Crippen LogP) is 1.40. The normalized spacial score (nSPS) is 10.4. The Morgan fingerprint density at radius 2 is 1.80 bits per heavy atom. The Hall–Kier alpha value is -3.55. The van der Waals surface area contributed by atoms with Crippen LogP contribution in [0.25, 0.3) is 0 Å². The van der Waals surface area contributed by atoms with Gasteiger partial charge < -0.3 is 10.4 Å². The van der Waals surface area contributed by atoms with Gasteiger partial charge in [-0.2, -0.15) is 5.10 Å². The molecule has 3 N–H and O–H groups in total. The number of carbonyl (C=O) groups is 3. The summed E-state index contributed by atoms with van der Waals surface area (Å²) < 4.78 is 13.0. The van der Waals surface area contributed by atoms with E-state index in [-0.39, 0.29) is 17.7 Å². The van der Waals surface area contributed by atoms with Crippen molar-refractivity contribution < 1.29 is 23.9 Å². The van der Waals surface area contributed by atoms with Crippen molar-refractivity contribution >= 4 is 24.0 Å². The van der Waals surface area contributed by atoms with E-state index in [0.717, 1.165) is 6.07 Å². The number of aromatic carboxylic acids is 1. The summed E-state index contributed by atoms with van der Waals surface area (Å²) in [6, 6.07) is 11.0. The first-order chi connectivity index (χ1) is 12.0. The van der Waals surface area contributed by atoms with Crippen LogP contribution in [-0.4, -0.2) is 35.6 Å². The van der Waals surface area contributed by atoms with E-state index in [9.17, 15) is 18.8 Å². The fraction of sp³-hybridized carbons (Fsp3) is 0.0588. The molecule has 7 nitrogen and oxygen atoms in total. The molecule has 0 aliphatic rings. The molecule has 0 atom stereocenters. The topological polar surface area (TPSA) is 108 Å². The number of carbonyl (C=O) groups excluding carboxylic acids is 2. The van der Waals surface area contributed by atoms with Gasteiger partial charge >= 0.3 is 5.97 Å². The van der Waals surface area contributed by atoms with Crippen molar-refractivity contribution in [3.05, 3.63) is 71.0 Å². The molecular weight excluding hydrogens is 329 g/mol. The number of nitrogens with one attached hydrogen (secondary N) is 2. The van der Waals surface area contributed by atoms with Gasteiger partial charge in [0.15, 0.2) is 0 Å². The quantitative estimate of drug-likeness (QED) is 0.544. The number of halogens is 1. The van der Waals surface area contributed by atoms with Gasteiger partial charge in [0, 0.05) is 5.56 Å². The lowest BCUT2D eigenvalue weighted by atomic mass is 10.1. The number of hydrazone groups is 1. The second kappa shape index (κ2) is 8.34. The standard InChI is InChI=1S/C17H14FN3O4/c18-14-3-1-2-13(8-14)16(23)19-10-15(22)21-20-9-11-4-6-12(7-5-11)17(24)25/h1-9H,10H2,(H,19,23)(H,21,22)(H,24,25)/b20-9-. The van der Waals surface area contributed by atoms with Crippen LogP contribution in [0.3, 0.4) is 0 Å². The minimum atomic E-state index is -1.04. The summed E-state index contributed by atoms with van der Waals surface area (Å²) >= 11 is 0. The van der Waals surface area contributed by atoms with E-state index in [1.165, 1.54) is 48.7 Å². The van der Waals surface area contributed by atoms with Gasteiger partial charge in [0.1, 0.15) is 5.82 Å². The molecule has 0 unspecified atom stereocenters. The highest BCUT2D eigenvalue weighted by atomic mass is 19.1. The van der Waals surface area contributed by atoms with Crippen LogP contribution in [0.15, 0.2) is 53.6 Å². The lowest BCUT2D eigenvalue weighted by Crippen LogP contribution is -2.34. The summed E-state index contributed by atoms with van der Waals surface area (Å²) in [5.41, 5.74) is 3.05. The number of benzene rings is 2. The van der Waals surface area contributed by atoms with Gasteiger partial charge in [-0.15, -0.1) is 0 Å². The molecule has 25 heavy (non-hydrogen) atoms. The van der Waals surface area contributed by atoms with Crippen LogP contribution in [0.2, 0.25) is 0 Å². The van der Waals surface area contributed by atoms with Crippen molar-refractivity contribution in [1.82, 2.24) is 10.7 Å². The van der Waals surface area contributed by atoms with E-state index in [1.54, 1.807) is 0 Å². The Labute approximate surface area is 142 Å². The summed E-state index contributed by atoms with van der Waals surface area (Å²) in [5.74, 6) is -2.73. The number of carboxylic acids is 1. The van der Waals surface area contributed by atoms with Crippen LogP contribution in [0, 0.1) is 5.82 Å². The molecule has 0 spiro atoms. The minimum absolute atomic E-state index is 0.106. The molecule has 2 aromatic rings. The largest absolute Gasteiger partial charge is 0.478 e. The van der Waals surface area contributed by atoms with Crippen LogP contribution in [-0.2, 0) is 4.79 Å². The van der Waals surface area contributed by atoms with E-state index in [2.05, 4.69) is 15.8 Å². The fourth-order valence-corrected chi connectivity index (χ4v) is 1.82. The first-order valence-electron chi connectivity index (χ1n) is 7.15. The second-order valence-electron chi connectivity index (χ2n) is 4.91. The monoisotopic (exact) mass is 343 g/mol. The van der Waals surface area contributed by atoms with Crippen LogP contribution >= 0.6 is 0 Å². The molecule has 0 bridgehead atoms. The van der Waals surface area contributed by atoms with Crippen molar-refractivity contribution in [3.63, 3.8) is 0 Å². The number of hydrogen-bond donors (Lipinski definition) is 3. The third kappa shape index (κ3) is 5.54. The Kier molecular flexibility index (Phi) is 5.94. The molecule has 0 fully saturated rings. The van der Waals surface area contributed by atoms with Crippen LogP contribution in [0.1, 0.15) is 26.3 Å². The van der Waals surface area contributed by atoms with Gasteiger partial charge in [-0.3, -0.25) is 9.59 Å². The number of hydrogen-bond acceptors (Lipinski definition) is 4. The maximum atomic E-state index is 13.0. The molecular formula is C17H14FN3O4. The van der Waals surface area contributed by atoms with Gasteiger partial charge in [-0.1, -0.05) is 18.2 Å². The Bertz CT molecular complexity index is 819. The molecule has 2 amide bonds. The summed E-state index contributed by atoms with van der Waals surface area (Å²) in [6.45, 7) is -0.329. The van der Waals surface area contributed by atoms with Crippen molar-refractivity contribution in [3.8, 4) is 0 Å². The molecule has 0 saturated heterocycles. The number of carboxylic acid groups (broad SMARTS) is 1. The van der Waals surface area contributed by atoms with Crippen LogP contribution in [0.5, 0.6) is 0 Å². The summed E-state index contributed by atoms with van der Waals surface area (Å²) in [5, 5.41) is 14.8. The Morgan fingerprint density at radius 3 is 2.44 bits per heavy atom. The first kappa shape index (κ1) is 17.8. The van der Waals surface area contributed by atoms with Crippen molar-refractivity contribution in [1.29, 1.82) is 0 Å². The molecule has 0 aliphatic heterocycles. The molecule has 0 aliphatic carbocycles. The van der Waals surface area contributed by atoms with Gasteiger partial charge in [0.05, 0.1) is 18.3 Å². The van der Waals surface area contributed by atoms with Gasteiger partial charge in [0.25, 0.3) is 11.8 Å². The smallest absolute Gasteiger partial charge is 0.335 e.